The van der Waals surface area contributed by atoms with E-state index < -0.39 is 10.0 Å². The minimum atomic E-state index is -3.37. The van der Waals surface area contributed by atoms with E-state index in [4.69, 9.17) is 5.73 Å². The van der Waals surface area contributed by atoms with Crippen LogP contribution in [0.15, 0.2) is 29.2 Å². The lowest BCUT2D eigenvalue weighted by Crippen LogP contribution is -2.29. The van der Waals surface area contributed by atoms with Crippen LogP contribution in [0.5, 0.6) is 0 Å². The van der Waals surface area contributed by atoms with Gasteiger partial charge in [-0.1, -0.05) is 17.7 Å². The smallest absolute Gasteiger partial charge is 0.240 e. The summed E-state index contributed by atoms with van der Waals surface area (Å²) < 4.78 is 26.8. The molecule has 0 aliphatic heterocycles. The predicted molar refractivity (Wildman–Crippen MR) is 71.7 cm³/mol. The van der Waals surface area contributed by atoms with Crippen molar-refractivity contribution in [2.45, 2.75) is 37.1 Å². The van der Waals surface area contributed by atoms with Gasteiger partial charge in [0.15, 0.2) is 0 Å². The number of rotatable bonds is 4. The summed E-state index contributed by atoms with van der Waals surface area (Å²) in [6.07, 6.45) is 2.92. The SMILES string of the molecule is Cc1ccc(S(=O)(=O)NC[C@H]2CC[C@@H](N)C2)cc1. The van der Waals surface area contributed by atoms with E-state index in [0.717, 1.165) is 24.8 Å². The van der Waals surface area contributed by atoms with Crippen LogP contribution in [0.25, 0.3) is 0 Å². The first kappa shape index (κ1) is 13.5. The molecule has 0 heterocycles. The molecule has 2 rings (SSSR count). The Balaban J connectivity index is 1.97. The summed E-state index contributed by atoms with van der Waals surface area (Å²) in [4.78, 5) is 0.329. The second kappa shape index (κ2) is 5.38. The fourth-order valence-corrected chi connectivity index (χ4v) is 3.44. The molecular formula is C13H20N2O2S. The Labute approximate surface area is 109 Å². The lowest BCUT2D eigenvalue weighted by molar-refractivity contribution is 0.512. The van der Waals surface area contributed by atoms with Gasteiger partial charge in [-0.2, -0.15) is 0 Å². The zero-order valence-corrected chi connectivity index (χ0v) is 11.4. The van der Waals surface area contributed by atoms with Crippen LogP contribution in [0.3, 0.4) is 0 Å². The number of aryl methyl sites for hydroxylation is 1. The highest BCUT2D eigenvalue weighted by Gasteiger charge is 2.23. The van der Waals surface area contributed by atoms with Crippen LogP contribution in [0.1, 0.15) is 24.8 Å². The van der Waals surface area contributed by atoms with Gasteiger partial charge in [0, 0.05) is 12.6 Å². The van der Waals surface area contributed by atoms with Crippen molar-refractivity contribution in [1.29, 1.82) is 0 Å². The molecule has 0 bridgehead atoms. The highest BCUT2D eigenvalue weighted by atomic mass is 32.2. The van der Waals surface area contributed by atoms with Crippen molar-refractivity contribution in [3.63, 3.8) is 0 Å². The number of benzene rings is 1. The van der Waals surface area contributed by atoms with Gasteiger partial charge in [0.25, 0.3) is 0 Å². The maximum Gasteiger partial charge on any atom is 0.240 e. The molecule has 1 aliphatic rings. The summed E-state index contributed by atoms with van der Waals surface area (Å²) in [5.74, 6) is 0.375. The van der Waals surface area contributed by atoms with Crippen molar-refractivity contribution in [2.24, 2.45) is 11.7 Å². The molecular weight excluding hydrogens is 248 g/mol. The molecule has 3 N–H and O–H groups in total. The fourth-order valence-electron chi connectivity index (χ4n) is 2.33. The molecule has 4 nitrogen and oxygen atoms in total. The predicted octanol–water partition coefficient (Wildman–Crippen LogP) is 1.40. The molecule has 0 amide bonds. The molecule has 1 aromatic rings. The third-order valence-corrected chi connectivity index (χ3v) is 4.91. The molecule has 1 aliphatic carbocycles. The molecule has 2 atom stereocenters. The van der Waals surface area contributed by atoms with Crippen molar-refractivity contribution in [3.05, 3.63) is 29.8 Å². The zero-order chi connectivity index (χ0) is 13.2. The van der Waals surface area contributed by atoms with E-state index in [1.165, 1.54) is 0 Å². The van der Waals surface area contributed by atoms with Gasteiger partial charge in [0.05, 0.1) is 4.90 Å². The van der Waals surface area contributed by atoms with Gasteiger partial charge in [-0.15, -0.1) is 0 Å². The number of hydrogen-bond donors (Lipinski definition) is 2. The van der Waals surface area contributed by atoms with Gasteiger partial charge >= 0.3 is 0 Å². The quantitative estimate of drug-likeness (QED) is 0.867. The average Bonchev–Trinajstić information content (AvgIpc) is 2.73. The Morgan fingerprint density at radius 1 is 1.28 bits per heavy atom. The summed E-state index contributed by atoms with van der Waals surface area (Å²) in [7, 11) is -3.37. The van der Waals surface area contributed by atoms with E-state index in [9.17, 15) is 8.42 Å². The molecule has 0 unspecified atom stereocenters. The molecule has 100 valence electrons. The third-order valence-electron chi connectivity index (χ3n) is 3.48. The van der Waals surface area contributed by atoms with E-state index in [0.29, 0.717) is 17.4 Å². The second-order valence-corrected chi connectivity index (χ2v) is 6.87. The van der Waals surface area contributed by atoms with E-state index in [2.05, 4.69) is 4.72 Å². The lowest BCUT2D eigenvalue weighted by Gasteiger charge is -2.11. The lowest BCUT2D eigenvalue weighted by atomic mass is 10.1. The van der Waals surface area contributed by atoms with Crippen LogP contribution >= 0.6 is 0 Å². The normalized spacial score (nSPS) is 24.3. The van der Waals surface area contributed by atoms with Crippen molar-refractivity contribution >= 4 is 10.0 Å². The highest BCUT2D eigenvalue weighted by molar-refractivity contribution is 7.89. The topological polar surface area (TPSA) is 72.2 Å². The second-order valence-electron chi connectivity index (χ2n) is 5.10. The van der Waals surface area contributed by atoms with Crippen LogP contribution < -0.4 is 10.5 Å². The molecule has 5 heteroatoms. The minimum Gasteiger partial charge on any atom is -0.328 e. The minimum absolute atomic E-state index is 0.235. The highest BCUT2D eigenvalue weighted by Crippen LogP contribution is 2.23. The van der Waals surface area contributed by atoms with E-state index >= 15 is 0 Å². The van der Waals surface area contributed by atoms with Crippen molar-refractivity contribution < 1.29 is 8.42 Å². The maximum absolute atomic E-state index is 12.0. The third kappa shape index (κ3) is 3.31. The Hall–Kier alpha value is -0.910. The van der Waals surface area contributed by atoms with Gasteiger partial charge in [-0.3, -0.25) is 0 Å². The Morgan fingerprint density at radius 2 is 1.94 bits per heavy atom. The van der Waals surface area contributed by atoms with Crippen LogP contribution in [0.4, 0.5) is 0 Å². The summed E-state index contributed by atoms with van der Waals surface area (Å²) in [6, 6.07) is 7.12. The molecule has 0 saturated heterocycles. The van der Waals surface area contributed by atoms with E-state index in [-0.39, 0.29) is 6.04 Å². The maximum atomic E-state index is 12.0. The number of nitrogens with one attached hydrogen (secondary N) is 1. The van der Waals surface area contributed by atoms with Crippen molar-refractivity contribution in [2.75, 3.05) is 6.54 Å². The largest absolute Gasteiger partial charge is 0.328 e. The van der Waals surface area contributed by atoms with Gasteiger partial charge in [-0.05, 0) is 44.2 Å². The van der Waals surface area contributed by atoms with Crippen LogP contribution in [-0.4, -0.2) is 21.0 Å². The molecule has 1 fully saturated rings. The number of sulfonamides is 1. The average molecular weight is 268 g/mol. The van der Waals surface area contributed by atoms with E-state index in [1.54, 1.807) is 24.3 Å². The fraction of sp³-hybridized carbons (Fsp3) is 0.538. The monoisotopic (exact) mass is 268 g/mol. The number of nitrogens with two attached hydrogens (primary N) is 1. The molecule has 0 aromatic heterocycles. The van der Waals surface area contributed by atoms with E-state index in [1.807, 2.05) is 6.92 Å². The van der Waals surface area contributed by atoms with Gasteiger partial charge in [0.2, 0.25) is 10.0 Å². The Morgan fingerprint density at radius 3 is 2.50 bits per heavy atom. The molecule has 1 saturated carbocycles. The van der Waals surface area contributed by atoms with Crippen LogP contribution in [-0.2, 0) is 10.0 Å². The van der Waals surface area contributed by atoms with Crippen LogP contribution in [0, 0.1) is 12.8 Å². The zero-order valence-electron chi connectivity index (χ0n) is 10.6. The molecule has 1 aromatic carbocycles. The molecule has 0 radical (unpaired) electrons. The van der Waals surface area contributed by atoms with Gasteiger partial charge in [-0.25, -0.2) is 13.1 Å². The van der Waals surface area contributed by atoms with Crippen molar-refractivity contribution in [1.82, 2.24) is 4.72 Å². The first-order valence-electron chi connectivity index (χ1n) is 6.29. The summed E-state index contributed by atoms with van der Waals surface area (Å²) in [5, 5.41) is 0. The van der Waals surface area contributed by atoms with Gasteiger partial charge < -0.3 is 5.73 Å². The van der Waals surface area contributed by atoms with Gasteiger partial charge in [0.1, 0.15) is 0 Å². The molecule has 0 spiro atoms. The Kier molecular flexibility index (Phi) is 4.04. The number of hydrogen-bond acceptors (Lipinski definition) is 3. The summed E-state index contributed by atoms with van der Waals surface area (Å²) in [6.45, 7) is 2.42. The van der Waals surface area contributed by atoms with Crippen molar-refractivity contribution in [3.8, 4) is 0 Å². The summed E-state index contributed by atoms with van der Waals surface area (Å²) >= 11 is 0. The Bertz CT molecular complexity index is 496. The first-order chi connectivity index (χ1) is 8.47. The first-order valence-corrected chi connectivity index (χ1v) is 7.77. The van der Waals surface area contributed by atoms with Crippen LogP contribution in [0.2, 0.25) is 0 Å². The molecule has 18 heavy (non-hydrogen) atoms. The standard InChI is InChI=1S/C13H20N2O2S/c1-10-2-6-13(7-3-10)18(16,17)15-9-11-4-5-12(14)8-11/h2-3,6-7,11-12,15H,4-5,8-9,14H2,1H3/t11-,12+/m0/s1. The summed E-state index contributed by atoms with van der Waals surface area (Å²) in [5.41, 5.74) is 6.87.